The lowest BCUT2D eigenvalue weighted by Gasteiger charge is -2.15. The summed E-state index contributed by atoms with van der Waals surface area (Å²) in [6, 6.07) is 16.4. The maximum Gasteiger partial charge on any atom is 0.412 e. The van der Waals surface area contributed by atoms with E-state index in [1.165, 1.54) is 6.07 Å². The van der Waals surface area contributed by atoms with Crippen molar-refractivity contribution in [3.05, 3.63) is 71.4 Å². The highest BCUT2D eigenvalue weighted by Gasteiger charge is 2.29. The first-order chi connectivity index (χ1) is 16.3. The Labute approximate surface area is 196 Å². The summed E-state index contributed by atoms with van der Waals surface area (Å²) in [4.78, 5) is 36.2. The highest BCUT2D eigenvalue weighted by atomic mass is 16.5. The lowest BCUT2D eigenvalue weighted by atomic mass is 9.98. The Balaban J connectivity index is 1.36. The molecular formula is C25H26N4O5. The molecule has 4 rings (SSSR count). The van der Waals surface area contributed by atoms with E-state index in [9.17, 15) is 19.5 Å². The van der Waals surface area contributed by atoms with Gasteiger partial charge in [-0.05, 0) is 34.6 Å². The Morgan fingerprint density at radius 1 is 1.06 bits per heavy atom. The number of carbonyl (C=O) groups excluding carboxylic acids is 2. The van der Waals surface area contributed by atoms with E-state index in [0.29, 0.717) is 6.42 Å². The van der Waals surface area contributed by atoms with Crippen molar-refractivity contribution in [3.63, 3.8) is 0 Å². The van der Waals surface area contributed by atoms with Crippen LogP contribution in [-0.4, -0.2) is 45.9 Å². The minimum Gasteiger partial charge on any atom is -0.480 e. The Bertz CT molecular complexity index is 1170. The Morgan fingerprint density at radius 2 is 1.68 bits per heavy atom. The van der Waals surface area contributed by atoms with Gasteiger partial charge in [-0.2, -0.15) is 5.10 Å². The summed E-state index contributed by atoms with van der Waals surface area (Å²) in [5, 5.41) is 20.7. The molecule has 1 aromatic heterocycles. The van der Waals surface area contributed by atoms with Gasteiger partial charge in [-0.1, -0.05) is 62.4 Å². The molecule has 0 saturated heterocycles. The predicted molar refractivity (Wildman–Crippen MR) is 126 cm³/mol. The Kier molecular flexibility index (Phi) is 6.62. The molecule has 34 heavy (non-hydrogen) atoms. The molecule has 1 aliphatic carbocycles. The van der Waals surface area contributed by atoms with Gasteiger partial charge in [0.25, 0.3) is 5.91 Å². The fourth-order valence-corrected chi connectivity index (χ4v) is 4.17. The number of hydrogen-bond donors (Lipinski definition) is 4. The van der Waals surface area contributed by atoms with E-state index < -0.39 is 24.0 Å². The number of carboxylic acid groups (broad SMARTS) is 1. The average Bonchev–Trinajstić information content (AvgIpc) is 3.39. The van der Waals surface area contributed by atoms with Crippen molar-refractivity contribution in [1.29, 1.82) is 0 Å². The molecule has 1 aliphatic rings. The number of amides is 2. The van der Waals surface area contributed by atoms with E-state index in [0.717, 1.165) is 22.3 Å². The first-order valence-corrected chi connectivity index (χ1v) is 11.0. The van der Waals surface area contributed by atoms with Crippen molar-refractivity contribution < 1.29 is 24.2 Å². The summed E-state index contributed by atoms with van der Waals surface area (Å²) in [6.07, 6.45) is -0.413. The fraction of sp³-hybridized carbons (Fsp3) is 0.280. The number of aromatic nitrogens is 2. The van der Waals surface area contributed by atoms with Crippen molar-refractivity contribution in [3.8, 4) is 11.1 Å². The van der Waals surface area contributed by atoms with Gasteiger partial charge in [0, 0.05) is 12.0 Å². The smallest absolute Gasteiger partial charge is 0.412 e. The van der Waals surface area contributed by atoms with Crippen LogP contribution >= 0.6 is 0 Å². The first-order valence-electron chi connectivity index (χ1n) is 11.0. The molecule has 0 aliphatic heterocycles. The molecule has 0 bridgehead atoms. The number of anilines is 1. The average molecular weight is 463 g/mol. The number of rotatable bonds is 8. The van der Waals surface area contributed by atoms with E-state index in [-0.39, 0.29) is 30.0 Å². The Morgan fingerprint density at radius 3 is 2.26 bits per heavy atom. The second-order valence-corrected chi connectivity index (χ2v) is 8.61. The molecule has 0 fully saturated rings. The van der Waals surface area contributed by atoms with Crippen molar-refractivity contribution in [2.45, 2.75) is 32.2 Å². The van der Waals surface area contributed by atoms with Crippen molar-refractivity contribution in [2.75, 3.05) is 11.9 Å². The molecule has 9 nitrogen and oxygen atoms in total. The summed E-state index contributed by atoms with van der Waals surface area (Å²) in [5.74, 6) is -1.63. The van der Waals surface area contributed by atoms with E-state index in [1.807, 2.05) is 50.2 Å². The number of aliphatic carboxylic acids is 1. The summed E-state index contributed by atoms with van der Waals surface area (Å²) in [5.41, 5.74) is 4.50. The van der Waals surface area contributed by atoms with E-state index in [1.54, 1.807) is 0 Å². The molecule has 0 spiro atoms. The fourth-order valence-electron chi connectivity index (χ4n) is 4.17. The highest BCUT2D eigenvalue weighted by molar-refractivity contribution is 5.96. The summed E-state index contributed by atoms with van der Waals surface area (Å²) in [7, 11) is 0. The standard InChI is InChI=1S/C25H26N4O5/c1-14(2)11-21(24(31)32)26-23(30)20-12-22(29-28-20)27-25(33)34-13-19-17-9-5-3-7-15(17)16-8-4-6-10-18(16)19/h3-10,12,14,19,21H,11,13H2,1-2H3,(H,26,30)(H,31,32)(H2,27,28,29,33)/t21-/m0/s1. The van der Waals surface area contributed by atoms with Gasteiger partial charge in [0.1, 0.15) is 18.3 Å². The first kappa shape index (κ1) is 23.0. The molecule has 2 aromatic carbocycles. The maximum absolute atomic E-state index is 12.4. The lowest BCUT2D eigenvalue weighted by molar-refractivity contribution is -0.139. The lowest BCUT2D eigenvalue weighted by Crippen LogP contribution is -2.41. The van der Waals surface area contributed by atoms with Gasteiger partial charge in [0.15, 0.2) is 5.82 Å². The van der Waals surface area contributed by atoms with Crippen LogP contribution in [0.1, 0.15) is 47.8 Å². The number of benzene rings is 2. The molecule has 0 unspecified atom stereocenters. The maximum atomic E-state index is 12.4. The zero-order chi connectivity index (χ0) is 24.2. The molecule has 1 atom stereocenters. The second-order valence-electron chi connectivity index (χ2n) is 8.61. The van der Waals surface area contributed by atoms with Crippen molar-refractivity contribution in [2.24, 2.45) is 5.92 Å². The van der Waals surface area contributed by atoms with Crippen molar-refractivity contribution in [1.82, 2.24) is 15.5 Å². The molecule has 2 amide bonds. The van der Waals surface area contributed by atoms with Crippen LogP contribution in [0.4, 0.5) is 10.6 Å². The van der Waals surface area contributed by atoms with Gasteiger partial charge in [0.2, 0.25) is 0 Å². The molecule has 3 aromatic rings. The normalized spacial score (nSPS) is 13.1. The van der Waals surface area contributed by atoms with Gasteiger partial charge in [-0.25, -0.2) is 9.59 Å². The number of H-pyrrole nitrogens is 1. The van der Waals surface area contributed by atoms with E-state index >= 15 is 0 Å². The van der Waals surface area contributed by atoms with Crippen LogP contribution in [0.25, 0.3) is 11.1 Å². The SMILES string of the molecule is CC(C)C[C@H](NC(=O)c1cc(NC(=O)OCC2c3ccccc3-c3ccccc32)n[nH]1)C(=O)O. The van der Waals surface area contributed by atoms with Crippen LogP contribution in [0.5, 0.6) is 0 Å². The molecule has 1 heterocycles. The number of carboxylic acids is 1. The van der Waals surface area contributed by atoms with Crippen molar-refractivity contribution >= 4 is 23.8 Å². The minimum atomic E-state index is -1.11. The number of ether oxygens (including phenoxy) is 1. The molecule has 4 N–H and O–H groups in total. The van der Waals surface area contributed by atoms with Crippen LogP contribution < -0.4 is 10.6 Å². The second kappa shape index (κ2) is 9.78. The van der Waals surface area contributed by atoms with Gasteiger partial charge < -0.3 is 15.2 Å². The molecule has 0 radical (unpaired) electrons. The van der Waals surface area contributed by atoms with E-state index in [4.69, 9.17) is 4.74 Å². The largest absolute Gasteiger partial charge is 0.480 e. The van der Waals surface area contributed by atoms with Crippen LogP contribution in [0.2, 0.25) is 0 Å². The number of hydrogen-bond acceptors (Lipinski definition) is 5. The number of fused-ring (bicyclic) bond motifs is 3. The van der Waals surface area contributed by atoms with Gasteiger partial charge in [0.05, 0.1) is 0 Å². The van der Waals surface area contributed by atoms with E-state index in [2.05, 4.69) is 33.0 Å². The summed E-state index contributed by atoms with van der Waals surface area (Å²) < 4.78 is 5.47. The van der Waals surface area contributed by atoms with Crippen LogP contribution in [0.15, 0.2) is 54.6 Å². The van der Waals surface area contributed by atoms with Crippen LogP contribution in [-0.2, 0) is 9.53 Å². The highest BCUT2D eigenvalue weighted by Crippen LogP contribution is 2.44. The number of nitrogens with one attached hydrogen (secondary N) is 3. The molecular weight excluding hydrogens is 436 g/mol. The number of nitrogens with zero attached hydrogens (tertiary/aromatic N) is 1. The molecule has 0 saturated carbocycles. The third-order valence-corrected chi connectivity index (χ3v) is 5.71. The zero-order valence-corrected chi connectivity index (χ0v) is 18.9. The van der Waals surface area contributed by atoms with Crippen LogP contribution in [0.3, 0.4) is 0 Å². The third-order valence-electron chi connectivity index (χ3n) is 5.71. The Hall–Kier alpha value is -4.14. The van der Waals surface area contributed by atoms with Gasteiger partial charge in [-0.3, -0.25) is 15.2 Å². The van der Waals surface area contributed by atoms with Crippen LogP contribution in [0, 0.1) is 5.92 Å². The zero-order valence-electron chi connectivity index (χ0n) is 18.9. The predicted octanol–water partition coefficient (Wildman–Crippen LogP) is 4.00. The molecule has 176 valence electrons. The quantitative estimate of drug-likeness (QED) is 0.400. The molecule has 9 heteroatoms. The topological polar surface area (TPSA) is 133 Å². The monoisotopic (exact) mass is 462 g/mol. The summed E-state index contributed by atoms with van der Waals surface area (Å²) >= 11 is 0. The number of aromatic amines is 1. The number of carbonyl (C=O) groups is 3. The summed E-state index contributed by atoms with van der Waals surface area (Å²) in [6.45, 7) is 3.89. The van der Waals surface area contributed by atoms with Gasteiger partial charge >= 0.3 is 12.1 Å². The third kappa shape index (κ3) is 4.93. The minimum absolute atomic E-state index is 0.0314. The van der Waals surface area contributed by atoms with Gasteiger partial charge in [-0.15, -0.1) is 0 Å².